The number of carbonyl (C=O) groups excluding carboxylic acids is 2. The Balaban J connectivity index is 1.81. The number of nitrogens with zero attached hydrogens (tertiary/aromatic N) is 1. The summed E-state index contributed by atoms with van der Waals surface area (Å²) in [6, 6.07) is 12.4. The van der Waals surface area contributed by atoms with Crippen molar-refractivity contribution in [2.75, 3.05) is 37.4 Å². The summed E-state index contributed by atoms with van der Waals surface area (Å²) in [4.78, 5) is 43.5. The Morgan fingerprint density at radius 1 is 1.13 bits per heavy atom. The number of amides is 2. The van der Waals surface area contributed by atoms with Crippen LogP contribution in [0.15, 0.2) is 42.5 Å². The number of aromatic amines is 1. The number of aryl methyl sites for hydroxylation is 1. The molecule has 0 fully saturated rings. The van der Waals surface area contributed by atoms with Gasteiger partial charge in [-0.1, -0.05) is 0 Å². The van der Waals surface area contributed by atoms with E-state index < -0.39 is 21.8 Å². The van der Waals surface area contributed by atoms with Gasteiger partial charge in [-0.2, -0.15) is 0 Å². The number of hydrogen-bond acceptors (Lipinski definition) is 5. The molecule has 1 aliphatic heterocycles. The number of carbonyl (C=O) groups is 3. The number of H-pyrrole nitrogens is 1. The van der Waals surface area contributed by atoms with Crippen molar-refractivity contribution in [2.45, 2.75) is 26.0 Å². The third-order valence-electron chi connectivity index (χ3n) is 6.77. The second-order valence-corrected chi connectivity index (χ2v) is 11.8. The van der Waals surface area contributed by atoms with Gasteiger partial charge in [0, 0.05) is 0 Å². The van der Waals surface area contributed by atoms with E-state index in [4.69, 9.17) is 9.84 Å². The fraction of sp³-hybridized carbons (Fsp3) is 0.276. The molecule has 3 aromatic rings. The second-order valence-electron chi connectivity index (χ2n) is 9.10. The van der Waals surface area contributed by atoms with Crippen molar-refractivity contribution >= 4 is 55.3 Å². The van der Waals surface area contributed by atoms with Gasteiger partial charge < -0.3 is 0 Å². The summed E-state index contributed by atoms with van der Waals surface area (Å²) in [6.07, 6.45) is 0.539. The zero-order valence-electron chi connectivity index (χ0n) is 22.5. The minimum atomic E-state index is -1.19. The number of nitrogens with one attached hydrogen (secondary N) is 3. The van der Waals surface area contributed by atoms with Gasteiger partial charge in [0.05, 0.1) is 0 Å². The number of methoxy groups -OCH3 is 1. The predicted octanol–water partition coefficient (Wildman–Crippen LogP) is 4.92. The van der Waals surface area contributed by atoms with E-state index in [0.717, 1.165) is 36.1 Å². The van der Waals surface area contributed by atoms with Crippen molar-refractivity contribution in [1.82, 2.24) is 9.88 Å². The van der Waals surface area contributed by atoms with Crippen LogP contribution in [0.2, 0.25) is 5.21 Å². The maximum absolute atomic E-state index is 13.7. The van der Waals surface area contributed by atoms with Crippen LogP contribution in [0.5, 0.6) is 5.75 Å². The molecule has 1 unspecified atom stereocenters. The Bertz CT molecular complexity index is 1440. The van der Waals surface area contributed by atoms with Crippen molar-refractivity contribution in [3.05, 3.63) is 65.0 Å². The Hall–Kier alpha value is -3.81. The van der Waals surface area contributed by atoms with Crippen molar-refractivity contribution in [3.63, 3.8) is 0 Å². The minimum absolute atomic E-state index is 0.144. The molecule has 2 heterocycles. The first kappa shape index (κ1) is 28.2. The monoisotopic (exact) mass is 592 g/mol. The maximum atomic E-state index is 13.7. The van der Waals surface area contributed by atoms with Gasteiger partial charge >= 0.3 is 235 Å². The fourth-order valence-corrected chi connectivity index (χ4v) is 7.21. The summed E-state index contributed by atoms with van der Waals surface area (Å²) in [5, 5.41) is 15.2. The second kappa shape index (κ2) is 12.4. The van der Waals surface area contributed by atoms with Gasteiger partial charge in [-0.15, -0.1) is 0 Å². The molecule has 204 valence electrons. The molecule has 0 radical (unpaired) electrons. The summed E-state index contributed by atoms with van der Waals surface area (Å²) in [7, 11) is 1.59. The molecule has 4 N–H and O–H groups in total. The molecular weight excluding hydrogens is 559 g/mol. The van der Waals surface area contributed by atoms with E-state index in [1.54, 1.807) is 31.4 Å². The molecule has 2 amide bonds. The van der Waals surface area contributed by atoms with E-state index in [2.05, 4.69) is 34.4 Å². The molecule has 39 heavy (non-hydrogen) atoms. The van der Waals surface area contributed by atoms with Crippen LogP contribution in [0.25, 0.3) is 22.8 Å². The van der Waals surface area contributed by atoms with Crippen LogP contribution in [0.4, 0.5) is 16.2 Å². The molecule has 10 heteroatoms. The zero-order chi connectivity index (χ0) is 28.1. The Labute approximate surface area is 234 Å². The molecule has 0 spiro atoms. The number of benzene rings is 2. The Morgan fingerprint density at radius 2 is 1.87 bits per heavy atom. The summed E-state index contributed by atoms with van der Waals surface area (Å²) in [5.74, 6) is 0.314. The molecule has 0 saturated carbocycles. The van der Waals surface area contributed by atoms with Gasteiger partial charge in [-0.05, 0) is 0 Å². The predicted molar refractivity (Wildman–Crippen MR) is 156 cm³/mol. The van der Waals surface area contributed by atoms with Crippen molar-refractivity contribution in [2.24, 2.45) is 0 Å². The molecule has 1 aromatic heterocycles. The molecule has 1 aliphatic rings. The van der Waals surface area contributed by atoms with Crippen molar-refractivity contribution in [3.8, 4) is 16.9 Å². The third kappa shape index (κ3) is 6.10. The fourth-order valence-electron chi connectivity index (χ4n) is 4.80. The quantitative estimate of drug-likeness (QED) is 0.185. The third-order valence-corrected chi connectivity index (χ3v) is 8.96. The molecule has 0 aliphatic carbocycles. The van der Waals surface area contributed by atoms with Crippen molar-refractivity contribution < 1.29 is 24.2 Å². The van der Waals surface area contributed by atoms with E-state index in [-0.39, 0.29) is 10.5 Å². The number of carboxylic acid groups (broad SMARTS) is 1. The van der Waals surface area contributed by atoms with E-state index in [0.29, 0.717) is 45.1 Å². The van der Waals surface area contributed by atoms with Gasteiger partial charge in [0.2, 0.25) is 0 Å². The first-order valence-electron chi connectivity index (χ1n) is 12.8. The SMILES string of the molecule is CCN(CC)CC[AsH]C(=O)c1c(C)[nH]c(/C=C2\C(=O)Nc3ccc(NC(=O)O)cc32)c1-c1ccccc1OC. The summed E-state index contributed by atoms with van der Waals surface area (Å²) < 4.78 is 5.80. The first-order chi connectivity index (χ1) is 18.8. The van der Waals surface area contributed by atoms with E-state index in [1.807, 2.05) is 31.2 Å². The van der Waals surface area contributed by atoms with Crippen LogP contribution in [0.3, 0.4) is 0 Å². The standard InChI is InChI=1S/C29H33AsN4O5/c1-5-34(6-2)14-13-30-27(35)25-17(3)31-23(26(25)19-9-7-8-10-24(19)39-4)16-21-20-15-18(32-29(37)38)11-12-22(20)33-28(21)36/h7-12,15-16,30-32H,5-6,13-14H2,1-4H3,(H,33,36)(H,37,38)/b21-16-. The van der Waals surface area contributed by atoms with Crippen LogP contribution in [0.1, 0.15) is 41.2 Å². The number of ether oxygens (including phenoxy) is 1. The van der Waals surface area contributed by atoms with E-state index >= 15 is 0 Å². The average molecular weight is 593 g/mol. The van der Waals surface area contributed by atoms with Gasteiger partial charge in [-0.25, -0.2) is 0 Å². The van der Waals surface area contributed by atoms with Gasteiger partial charge in [0.15, 0.2) is 0 Å². The number of hydrogen-bond donors (Lipinski definition) is 4. The van der Waals surface area contributed by atoms with Gasteiger partial charge in [-0.3, -0.25) is 0 Å². The van der Waals surface area contributed by atoms with Crippen LogP contribution in [0, 0.1) is 6.92 Å². The first-order valence-corrected chi connectivity index (χ1v) is 15.3. The molecule has 0 saturated heterocycles. The van der Waals surface area contributed by atoms with Crippen LogP contribution in [-0.2, 0) is 4.79 Å². The molecular formula is C29H33AsN4O5. The number of aromatic nitrogens is 1. The van der Waals surface area contributed by atoms with Gasteiger partial charge in [0.25, 0.3) is 0 Å². The summed E-state index contributed by atoms with van der Waals surface area (Å²) in [5.41, 5.74) is 5.33. The normalized spacial score (nSPS) is 13.8. The molecule has 4 rings (SSSR count). The Morgan fingerprint density at radius 3 is 2.56 bits per heavy atom. The molecule has 9 nitrogen and oxygen atoms in total. The van der Waals surface area contributed by atoms with Crippen molar-refractivity contribution in [1.29, 1.82) is 0 Å². The molecule has 1 atom stereocenters. The summed E-state index contributed by atoms with van der Waals surface area (Å²) in [6.45, 7) is 8.93. The number of anilines is 2. The van der Waals surface area contributed by atoms with Gasteiger partial charge in [0.1, 0.15) is 0 Å². The number of fused-ring (bicyclic) bond motifs is 1. The van der Waals surface area contributed by atoms with E-state index in [9.17, 15) is 14.4 Å². The van der Waals surface area contributed by atoms with E-state index in [1.165, 1.54) is 0 Å². The number of para-hydroxylation sites is 1. The zero-order valence-corrected chi connectivity index (χ0v) is 24.6. The van der Waals surface area contributed by atoms with Crippen LogP contribution >= 0.6 is 0 Å². The average Bonchev–Trinajstić information content (AvgIpc) is 3.41. The molecule has 2 aromatic carbocycles. The number of rotatable bonds is 11. The summed E-state index contributed by atoms with van der Waals surface area (Å²) >= 11 is -0.934. The topological polar surface area (TPSA) is 124 Å². The van der Waals surface area contributed by atoms with Crippen LogP contribution < -0.4 is 15.4 Å². The van der Waals surface area contributed by atoms with Crippen LogP contribution in [-0.4, -0.2) is 74.1 Å². The molecule has 0 bridgehead atoms. The Kier molecular flexibility index (Phi) is 8.94.